The van der Waals surface area contributed by atoms with Gasteiger partial charge in [-0.3, -0.25) is 0 Å². The molecule has 90 valence electrons. The van der Waals surface area contributed by atoms with Crippen LogP contribution in [0.2, 0.25) is 0 Å². The van der Waals surface area contributed by atoms with Crippen molar-refractivity contribution in [3.05, 3.63) is 33.9 Å². The minimum Gasteiger partial charge on any atom is -0.454 e. The first-order valence-electron chi connectivity index (χ1n) is 6.33. The number of esters is 1. The maximum absolute atomic E-state index is 11.6. The normalized spacial score (nSPS) is 32.2. The van der Waals surface area contributed by atoms with Gasteiger partial charge in [-0.15, -0.1) is 0 Å². The standard InChI is InChI=1S/C15H18O2/c1-8-4-5-11-9(2)6-14-13(7-12(8)11)10(3)15(16)17-14/h4,12,14H,5-7H2,1-3H3. The highest BCUT2D eigenvalue weighted by molar-refractivity contribution is 5.91. The summed E-state index contributed by atoms with van der Waals surface area (Å²) in [7, 11) is 0. The molecule has 0 aromatic rings. The van der Waals surface area contributed by atoms with E-state index in [9.17, 15) is 4.79 Å². The predicted octanol–water partition coefficient (Wildman–Crippen LogP) is 3.30. The number of rotatable bonds is 0. The van der Waals surface area contributed by atoms with Gasteiger partial charge in [0.15, 0.2) is 0 Å². The van der Waals surface area contributed by atoms with E-state index in [4.69, 9.17) is 4.74 Å². The van der Waals surface area contributed by atoms with E-state index >= 15 is 0 Å². The zero-order chi connectivity index (χ0) is 12.2. The molecule has 0 saturated carbocycles. The smallest absolute Gasteiger partial charge is 0.334 e. The molecule has 0 N–H and O–H groups in total. The Balaban J connectivity index is 2.03. The van der Waals surface area contributed by atoms with Gasteiger partial charge in [-0.1, -0.05) is 22.8 Å². The largest absolute Gasteiger partial charge is 0.454 e. The van der Waals surface area contributed by atoms with Crippen LogP contribution in [-0.4, -0.2) is 12.1 Å². The van der Waals surface area contributed by atoms with Crippen molar-refractivity contribution in [2.75, 3.05) is 0 Å². The van der Waals surface area contributed by atoms with Crippen LogP contribution in [-0.2, 0) is 9.53 Å². The molecule has 2 aliphatic carbocycles. The Morgan fingerprint density at radius 1 is 1.18 bits per heavy atom. The highest BCUT2D eigenvalue weighted by Gasteiger charge is 2.38. The quantitative estimate of drug-likeness (QED) is 0.471. The Bertz CT molecular complexity index is 491. The van der Waals surface area contributed by atoms with Gasteiger partial charge in [0, 0.05) is 17.9 Å². The number of ether oxygens (including phenoxy) is 1. The van der Waals surface area contributed by atoms with Crippen LogP contribution in [0.3, 0.4) is 0 Å². The van der Waals surface area contributed by atoms with Crippen molar-refractivity contribution in [3.8, 4) is 0 Å². The number of hydrogen-bond donors (Lipinski definition) is 0. The molecule has 0 fully saturated rings. The molecule has 2 nitrogen and oxygen atoms in total. The lowest BCUT2D eigenvalue weighted by atomic mass is 9.89. The van der Waals surface area contributed by atoms with E-state index in [2.05, 4.69) is 19.9 Å². The van der Waals surface area contributed by atoms with Gasteiger partial charge in [0.2, 0.25) is 0 Å². The highest BCUT2D eigenvalue weighted by Crippen LogP contribution is 2.45. The summed E-state index contributed by atoms with van der Waals surface area (Å²) in [5, 5.41) is 0. The molecule has 1 heterocycles. The van der Waals surface area contributed by atoms with Crippen molar-refractivity contribution in [1.82, 2.24) is 0 Å². The lowest BCUT2D eigenvalue weighted by Crippen LogP contribution is -2.11. The summed E-state index contributed by atoms with van der Waals surface area (Å²) < 4.78 is 5.46. The molecule has 0 saturated heterocycles. The second-order valence-electron chi connectivity index (χ2n) is 5.46. The molecular formula is C15H18O2. The Labute approximate surface area is 102 Å². The Morgan fingerprint density at radius 3 is 2.71 bits per heavy atom. The monoisotopic (exact) mass is 230 g/mol. The molecule has 17 heavy (non-hydrogen) atoms. The van der Waals surface area contributed by atoms with Gasteiger partial charge in [-0.05, 0) is 39.2 Å². The topological polar surface area (TPSA) is 26.3 Å². The van der Waals surface area contributed by atoms with Gasteiger partial charge >= 0.3 is 5.97 Å². The van der Waals surface area contributed by atoms with Crippen LogP contribution in [0, 0.1) is 5.92 Å². The molecule has 0 spiro atoms. The van der Waals surface area contributed by atoms with Crippen LogP contribution in [0.25, 0.3) is 0 Å². The third-order valence-corrected chi connectivity index (χ3v) is 4.50. The van der Waals surface area contributed by atoms with Crippen LogP contribution >= 0.6 is 0 Å². The van der Waals surface area contributed by atoms with Crippen molar-refractivity contribution in [2.24, 2.45) is 5.92 Å². The Hall–Kier alpha value is -1.31. The van der Waals surface area contributed by atoms with E-state index in [-0.39, 0.29) is 12.1 Å². The first-order chi connectivity index (χ1) is 8.08. The lowest BCUT2D eigenvalue weighted by molar-refractivity contribution is -0.139. The predicted molar refractivity (Wildman–Crippen MR) is 66.4 cm³/mol. The molecule has 2 unspecified atom stereocenters. The van der Waals surface area contributed by atoms with E-state index in [1.54, 1.807) is 5.57 Å². The zero-order valence-corrected chi connectivity index (χ0v) is 10.7. The molecule has 0 aromatic carbocycles. The van der Waals surface area contributed by atoms with Gasteiger partial charge in [0.1, 0.15) is 6.10 Å². The van der Waals surface area contributed by atoms with Crippen molar-refractivity contribution < 1.29 is 9.53 Å². The second kappa shape index (κ2) is 3.59. The van der Waals surface area contributed by atoms with Gasteiger partial charge in [0.05, 0.1) is 0 Å². The summed E-state index contributed by atoms with van der Waals surface area (Å²) in [6.45, 7) is 6.31. The van der Waals surface area contributed by atoms with Crippen LogP contribution < -0.4 is 0 Å². The van der Waals surface area contributed by atoms with Crippen LogP contribution in [0.15, 0.2) is 33.9 Å². The molecule has 3 rings (SSSR count). The zero-order valence-electron chi connectivity index (χ0n) is 10.7. The summed E-state index contributed by atoms with van der Waals surface area (Å²) >= 11 is 0. The minimum atomic E-state index is -0.110. The number of hydrogen-bond acceptors (Lipinski definition) is 2. The molecule has 0 amide bonds. The summed E-state index contributed by atoms with van der Waals surface area (Å²) in [6.07, 6.45) is 5.32. The van der Waals surface area contributed by atoms with Crippen molar-refractivity contribution >= 4 is 5.97 Å². The van der Waals surface area contributed by atoms with Gasteiger partial charge < -0.3 is 4.74 Å². The molecule has 3 aliphatic rings. The number of fused-ring (bicyclic) bond motifs is 2. The molecule has 2 atom stereocenters. The molecule has 0 aromatic heterocycles. The summed E-state index contributed by atoms with van der Waals surface area (Å²) in [4.78, 5) is 11.6. The van der Waals surface area contributed by atoms with Gasteiger partial charge in [-0.2, -0.15) is 0 Å². The summed E-state index contributed by atoms with van der Waals surface area (Å²) in [5.74, 6) is 0.417. The van der Waals surface area contributed by atoms with Crippen molar-refractivity contribution in [2.45, 2.75) is 46.1 Å². The molecule has 0 bridgehead atoms. The first kappa shape index (κ1) is 10.8. The van der Waals surface area contributed by atoms with Crippen molar-refractivity contribution in [3.63, 3.8) is 0 Å². The second-order valence-corrected chi connectivity index (χ2v) is 5.46. The SMILES string of the molecule is CC1=CCC2=C(C)CC3OC(=O)C(C)=C3CC12. The van der Waals surface area contributed by atoms with E-state index in [1.807, 2.05) is 6.92 Å². The number of allylic oxidation sites excluding steroid dienone is 3. The minimum absolute atomic E-state index is 0.0217. The van der Waals surface area contributed by atoms with Crippen LogP contribution in [0.5, 0.6) is 0 Å². The fourth-order valence-electron chi connectivity index (χ4n) is 3.33. The first-order valence-corrected chi connectivity index (χ1v) is 6.33. The highest BCUT2D eigenvalue weighted by atomic mass is 16.5. The fraction of sp³-hybridized carbons (Fsp3) is 0.533. The fourth-order valence-corrected chi connectivity index (χ4v) is 3.33. The number of carbonyl (C=O) groups excluding carboxylic acids is 1. The average molecular weight is 230 g/mol. The number of carbonyl (C=O) groups is 1. The lowest BCUT2D eigenvalue weighted by Gasteiger charge is -2.15. The molecule has 0 radical (unpaired) electrons. The Kier molecular flexibility index (Phi) is 2.29. The van der Waals surface area contributed by atoms with Crippen LogP contribution in [0.1, 0.15) is 40.0 Å². The molecule has 1 aliphatic heterocycles. The van der Waals surface area contributed by atoms with Gasteiger partial charge in [0.25, 0.3) is 0 Å². The average Bonchev–Trinajstić information content (AvgIpc) is 2.71. The van der Waals surface area contributed by atoms with E-state index in [0.717, 1.165) is 24.8 Å². The third kappa shape index (κ3) is 1.50. The van der Waals surface area contributed by atoms with Gasteiger partial charge in [-0.25, -0.2) is 4.79 Å². The van der Waals surface area contributed by atoms with E-state index in [1.165, 1.54) is 16.7 Å². The maximum atomic E-state index is 11.6. The maximum Gasteiger partial charge on any atom is 0.334 e. The van der Waals surface area contributed by atoms with E-state index in [0.29, 0.717) is 5.92 Å². The summed E-state index contributed by atoms with van der Waals surface area (Å²) in [6, 6.07) is 0. The third-order valence-electron chi connectivity index (χ3n) is 4.50. The van der Waals surface area contributed by atoms with E-state index < -0.39 is 0 Å². The van der Waals surface area contributed by atoms with Crippen molar-refractivity contribution in [1.29, 1.82) is 0 Å². The molecular weight excluding hydrogens is 212 g/mol. The summed E-state index contributed by atoms with van der Waals surface area (Å²) in [5.41, 5.74) is 6.53. The Morgan fingerprint density at radius 2 is 1.94 bits per heavy atom. The van der Waals surface area contributed by atoms with Crippen LogP contribution in [0.4, 0.5) is 0 Å². The molecule has 2 heteroatoms.